The molecule has 46 heavy (non-hydrogen) atoms. The Labute approximate surface area is 257 Å². The lowest BCUT2D eigenvalue weighted by Crippen LogP contribution is -2.26. The number of benzene rings is 6. The minimum absolute atomic E-state index is 0.00347. The second-order valence-corrected chi connectivity index (χ2v) is 13.6. The summed E-state index contributed by atoms with van der Waals surface area (Å²) in [6.45, 7) is 0. The lowest BCUT2D eigenvalue weighted by molar-refractivity contribution is -0.432. The van der Waals surface area contributed by atoms with E-state index in [1.807, 2.05) is 0 Å². The summed E-state index contributed by atoms with van der Waals surface area (Å²) in [7, 11) is -9.93. The van der Waals surface area contributed by atoms with Gasteiger partial charge < -0.3 is 0 Å². The van der Waals surface area contributed by atoms with Crippen molar-refractivity contribution in [1.82, 2.24) is 0 Å². The first-order valence-corrected chi connectivity index (χ1v) is 16.3. The van der Waals surface area contributed by atoms with Crippen molar-refractivity contribution in [2.24, 2.45) is 0 Å². The van der Waals surface area contributed by atoms with E-state index in [4.69, 9.17) is 5.26 Å². The van der Waals surface area contributed by atoms with Crippen molar-refractivity contribution in [3.8, 4) is 0 Å². The molecule has 0 saturated heterocycles. The van der Waals surface area contributed by atoms with Gasteiger partial charge in [-0.15, -0.1) is 4.33 Å². The van der Waals surface area contributed by atoms with Crippen molar-refractivity contribution in [3.63, 3.8) is 0 Å². The minimum atomic E-state index is -5.13. The number of rotatable bonds is 5. The summed E-state index contributed by atoms with van der Waals surface area (Å²) >= 11 is 0.340. The van der Waals surface area contributed by atoms with Gasteiger partial charge in [0, 0.05) is 32.3 Å². The number of hydrogen-bond donors (Lipinski definition) is 3. The van der Waals surface area contributed by atoms with Crippen LogP contribution >= 0.6 is 12.0 Å². The van der Waals surface area contributed by atoms with E-state index in [0.717, 1.165) is 24.3 Å². The summed E-state index contributed by atoms with van der Waals surface area (Å²) in [5.74, 6) is 0. The minimum Gasteiger partial charge on any atom is -0.289 e. The normalized spacial score (nSPS) is 12.8. The average molecular weight is 683 g/mol. The van der Waals surface area contributed by atoms with Gasteiger partial charge in [0.1, 0.15) is 15.7 Å². The Bertz CT molecular complexity index is 2990. The Morgan fingerprint density at radius 1 is 0.587 bits per heavy atom. The van der Waals surface area contributed by atoms with Gasteiger partial charge in [-0.05, 0) is 30.3 Å². The number of aromatic nitrogens is 2. The standard InChI is InChI=1S/C28H12N2O13S3/c31-25-11-3-1-2-4-12(11)27(33)20-16(25)9-18(46(39,40)41)22-24(20)29-21-17(44-43-42-35)8-15-19(23(21)30-22)28(34)14-7-10(45(36,37)38)5-6-13(14)26(15)32/h1-9,35H,(H,36,37,38)(H,39,40,41)/p+2. The molecule has 0 atom stereocenters. The van der Waals surface area contributed by atoms with E-state index in [0.29, 0.717) is 12.0 Å². The van der Waals surface area contributed by atoms with Crippen molar-refractivity contribution in [2.45, 2.75) is 14.7 Å². The Hall–Kier alpha value is -4.79. The van der Waals surface area contributed by atoms with E-state index in [9.17, 15) is 45.1 Å². The molecule has 0 fully saturated rings. The van der Waals surface area contributed by atoms with E-state index in [2.05, 4.69) is 19.3 Å². The summed E-state index contributed by atoms with van der Waals surface area (Å²) in [6.07, 6.45) is 0. The fraction of sp³-hybridized carbons (Fsp3) is 0. The number of fused-ring (bicyclic) bond motifs is 8. The molecule has 0 aliphatic heterocycles. The van der Waals surface area contributed by atoms with Crippen molar-refractivity contribution in [1.29, 1.82) is 0 Å². The predicted octanol–water partition coefficient (Wildman–Crippen LogP) is 1.47. The fourth-order valence-corrected chi connectivity index (χ4v) is 7.41. The highest BCUT2D eigenvalue weighted by Crippen LogP contribution is 2.32. The van der Waals surface area contributed by atoms with Gasteiger partial charge in [-0.25, -0.2) is 5.26 Å². The lowest BCUT2D eigenvalue weighted by atomic mass is 9.99. The van der Waals surface area contributed by atoms with Gasteiger partial charge in [-0.1, -0.05) is 29.3 Å². The molecule has 15 nitrogen and oxygen atoms in total. The third-order valence-electron chi connectivity index (χ3n) is 7.65. The SMILES string of the molecule is O=c1c2ccc(S(=O)(=O)O)cc2c(=O)c2c1cc(SOOO)c1[nH+]c3c([nH+]c12)c(S(=O)(=O)O)cc1c(=O)c2ccccc2c(=O)c13. The van der Waals surface area contributed by atoms with Gasteiger partial charge in [0.15, 0.2) is 15.8 Å². The molecule has 0 radical (unpaired) electrons. The van der Waals surface area contributed by atoms with Crippen LogP contribution in [0.2, 0.25) is 0 Å². The van der Waals surface area contributed by atoms with Gasteiger partial charge in [0.05, 0.1) is 16.9 Å². The number of aromatic amines is 2. The fourth-order valence-electron chi connectivity index (χ4n) is 5.72. The highest BCUT2D eigenvalue weighted by Gasteiger charge is 2.34. The maximum atomic E-state index is 13.9. The van der Waals surface area contributed by atoms with E-state index in [-0.39, 0.29) is 59.1 Å². The monoisotopic (exact) mass is 682 g/mol. The molecule has 7 rings (SSSR count). The molecule has 0 unspecified atom stereocenters. The molecule has 7 aromatic rings. The number of nitrogens with one attached hydrogen (secondary N) is 2. The third kappa shape index (κ3) is 4.31. The van der Waals surface area contributed by atoms with Crippen LogP contribution in [-0.4, -0.2) is 31.2 Å². The van der Waals surface area contributed by atoms with Gasteiger partial charge in [-0.2, -0.15) is 26.8 Å². The second kappa shape index (κ2) is 10.1. The number of H-pyrrole nitrogens is 2. The quantitative estimate of drug-likeness (QED) is 0.0581. The van der Waals surface area contributed by atoms with Crippen LogP contribution in [0.1, 0.15) is 0 Å². The molecule has 0 aliphatic carbocycles. The van der Waals surface area contributed by atoms with Crippen molar-refractivity contribution >= 4 is 97.4 Å². The van der Waals surface area contributed by atoms with Gasteiger partial charge in [0.25, 0.3) is 32.2 Å². The molecule has 0 spiro atoms. The molecule has 0 bridgehead atoms. The first-order valence-electron chi connectivity index (χ1n) is 12.7. The summed E-state index contributed by atoms with van der Waals surface area (Å²) < 4.78 is 73.3. The van der Waals surface area contributed by atoms with Crippen LogP contribution in [0, 0.1) is 0 Å². The van der Waals surface area contributed by atoms with Crippen LogP contribution in [0.25, 0.3) is 65.2 Å². The van der Waals surface area contributed by atoms with Gasteiger partial charge >= 0.3 is 10.1 Å². The smallest absolute Gasteiger partial charge is 0.289 e. The van der Waals surface area contributed by atoms with Gasteiger partial charge in [-0.3, -0.25) is 28.3 Å². The van der Waals surface area contributed by atoms with Crippen molar-refractivity contribution < 1.29 is 50.5 Å². The van der Waals surface area contributed by atoms with E-state index in [1.165, 1.54) is 30.3 Å². The topological polar surface area (TPSA) is 244 Å². The first-order chi connectivity index (χ1) is 21.7. The largest absolute Gasteiger partial charge is 0.301 e. The van der Waals surface area contributed by atoms with Gasteiger partial charge in [0.2, 0.25) is 10.9 Å². The summed E-state index contributed by atoms with van der Waals surface area (Å²) in [4.78, 5) is 58.7. The summed E-state index contributed by atoms with van der Waals surface area (Å²) in [5, 5.41) is 10.6. The molecule has 0 saturated carbocycles. The summed E-state index contributed by atoms with van der Waals surface area (Å²) in [5.41, 5.74) is -4.27. The van der Waals surface area contributed by atoms with Crippen LogP contribution in [0.3, 0.4) is 0 Å². The van der Waals surface area contributed by atoms with Crippen LogP contribution in [-0.2, 0) is 29.6 Å². The molecule has 6 aromatic carbocycles. The Balaban J connectivity index is 1.79. The van der Waals surface area contributed by atoms with E-state index < -0.39 is 62.6 Å². The van der Waals surface area contributed by atoms with Crippen molar-refractivity contribution in [2.75, 3.05) is 0 Å². The van der Waals surface area contributed by atoms with Crippen LogP contribution in [0.5, 0.6) is 0 Å². The lowest BCUT2D eigenvalue weighted by Gasteiger charge is -2.06. The molecule has 230 valence electrons. The highest BCUT2D eigenvalue weighted by atomic mass is 32.2. The summed E-state index contributed by atoms with van der Waals surface area (Å²) in [6, 6.07) is 10.6. The van der Waals surface area contributed by atoms with Crippen LogP contribution in [0.15, 0.2) is 88.5 Å². The third-order valence-corrected chi connectivity index (χ3v) is 10.0. The molecule has 1 heterocycles. The Morgan fingerprint density at radius 2 is 1.13 bits per heavy atom. The van der Waals surface area contributed by atoms with E-state index >= 15 is 0 Å². The zero-order chi connectivity index (χ0) is 32.9. The molecule has 18 heteroatoms. The molecular weight excluding hydrogens is 669 g/mol. The number of hydrogen-bond acceptors (Lipinski definition) is 12. The molecule has 0 aliphatic rings. The highest BCUT2D eigenvalue weighted by molar-refractivity contribution is 7.94. The van der Waals surface area contributed by atoms with E-state index in [1.54, 1.807) is 0 Å². The second-order valence-electron chi connectivity index (χ2n) is 10.1. The predicted molar refractivity (Wildman–Crippen MR) is 162 cm³/mol. The maximum Gasteiger partial charge on any atom is 0.301 e. The molecular formula is C28H14N2O13S3+2. The van der Waals surface area contributed by atoms with Crippen LogP contribution in [0.4, 0.5) is 0 Å². The van der Waals surface area contributed by atoms with Crippen molar-refractivity contribution in [3.05, 3.63) is 95.5 Å². The average Bonchev–Trinajstić information content (AvgIpc) is 3.02. The zero-order valence-electron chi connectivity index (χ0n) is 22.3. The molecule has 0 amide bonds. The Kier molecular flexibility index (Phi) is 6.57. The molecule has 1 aromatic heterocycles. The zero-order valence-corrected chi connectivity index (χ0v) is 24.8. The molecule has 5 N–H and O–H groups in total. The Morgan fingerprint density at radius 3 is 1.74 bits per heavy atom. The van der Waals surface area contributed by atoms with Crippen LogP contribution < -0.4 is 31.7 Å². The first kappa shape index (κ1) is 29.9. The maximum absolute atomic E-state index is 13.9.